The van der Waals surface area contributed by atoms with Gasteiger partial charge in [-0.3, -0.25) is 4.79 Å². The van der Waals surface area contributed by atoms with E-state index in [9.17, 15) is 9.59 Å². The summed E-state index contributed by atoms with van der Waals surface area (Å²) < 4.78 is 5.18. The number of carbonyl (C=O) groups is 2. The Labute approximate surface area is 100 Å². The molecule has 0 saturated carbocycles. The molecule has 3 N–H and O–H groups in total. The van der Waals surface area contributed by atoms with E-state index >= 15 is 0 Å². The average Bonchev–Trinajstić information content (AvgIpc) is 2.33. The van der Waals surface area contributed by atoms with Crippen molar-refractivity contribution < 1.29 is 19.4 Å². The maximum Gasteiger partial charge on any atom is 0.318 e. The minimum Gasteiger partial charge on any atom is -0.481 e. The lowest BCUT2D eigenvalue weighted by atomic mass is 10.1. The van der Waals surface area contributed by atoms with Crippen LogP contribution in [-0.2, 0) is 9.53 Å². The van der Waals surface area contributed by atoms with Crippen LogP contribution in [0.4, 0.5) is 4.79 Å². The Hall–Kier alpha value is -1.56. The van der Waals surface area contributed by atoms with Gasteiger partial charge in [-0.15, -0.1) is 0 Å². The molecule has 1 saturated heterocycles. The topological polar surface area (TPSA) is 87.7 Å². The Morgan fingerprint density at radius 2 is 2.06 bits per heavy atom. The monoisotopic (exact) mass is 242 g/mol. The van der Waals surface area contributed by atoms with Gasteiger partial charge in [0.25, 0.3) is 0 Å². The van der Waals surface area contributed by atoms with E-state index < -0.39 is 5.97 Å². The smallest absolute Gasteiger partial charge is 0.318 e. The Kier molecular flexibility index (Phi) is 6.09. The lowest BCUT2D eigenvalue weighted by Crippen LogP contribution is -2.33. The number of hydrogen-bond acceptors (Lipinski definition) is 3. The number of aliphatic carboxylic acids is 1. The molecule has 1 aliphatic heterocycles. The van der Waals surface area contributed by atoms with Crippen molar-refractivity contribution >= 4 is 12.0 Å². The van der Waals surface area contributed by atoms with Crippen LogP contribution in [0.5, 0.6) is 0 Å². The zero-order valence-electron chi connectivity index (χ0n) is 9.70. The first-order valence-corrected chi connectivity index (χ1v) is 5.70. The van der Waals surface area contributed by atoms with E-state index in [0.717, 1.165) is 18.4 Å². The molecule has 0 unspecified atom stereocenters. The normalized spacial score (nSPS) is 15.2. The molecular weight excluding hydrogens is 224 g/mol. The van der Waals surface area contributed by atoms with Crippen molar-refractivity contribution in [3.63, 3.8) is 0 Å². The van der Waals surface area contributed by atoms with Crippen molar-refractivity contribution in [3.8, 4) is 0 Å². The fraction of sp³-hybridized carbons (Fsp3) is 0.636. The number of carbonyl (C=O) groups excluding carboxylic acids is 1. The molecule has 0 aliphatic carbocycles. The molecule has 0 aromatic carbocycles. The number of carboxylic acids is 1. The molecule has 0 bridgehead atoms. The van der Waals surface area contributed by atoms with Crippen LogP contribution in [0.3, 0.4) is 0 Å². The van der Waals surface area contributed by atoms with Gasteiger partial charge in [0.2, 0.25) is 0 Å². The summed E-state index contributed by atoms with van der Waals surface area (Å²) in [6.45, 7) is 1.77. The van der Waals surface area contributed by atoms with Gasteiger partial charge in [0.15, 0.2) is 0 Å². The molecule has 6 heteroatoms. The third kappa shape index (κ3) is 6.57. The van der Waals surface area contributed by atoms with E-state index in [1.165, 1.54) is 0 Å². The molecule has 0 aromatic heterocycles. The van der Waals surface area contributed by atoms with E-state index in [-0.39, 0.29) is 12.5 Å². The van der Waals surface area contributed by atoms with Gasteiger partial charge in [-0.05, 0) is 24.8 Å². The summed E-state index contributed by atoms with van der Waals surface area (Å²) >= 11 is 0. The lowest BCUT2D eigenvalue weighted by molar-refractivity contribution is -0.137. The highest BCUT2D eigenvalue weighted by atomic mass is 16.5. The Bertz CT molecular complexity index is 294. The molecule has 0 spiro atoms. The first kappa shape index (κ1) is 13.5. The second kappa shape index (κ2) is 7.67. The van der Waals surface area contributed by atoms with E-state index in [1.807, 2.05) is 0 Å². The zero-order chi connectivity index (χ0) is 12.5. The molecule has 1 rings (SSSR count). The third-order valence-corrected chi connectivity index (χ3v) is 2.40. The Balaban J connectivity index is 2.09. The molecule has 1 heterocycles. The van der Waals surface area contributed by atoms with E-state index in [0.29, 0.717) is 26.2 Å². The van der Waals surface area contributed by atoms with Crippen LogP contribution in [0.25, 0.3) is 0 Å². The highest BCUT2D eigenvalue weighted by molar-refractivity contribution is 5.75. The van der Waals surface area contributed by atoms with Gasteiger partial charge < -0.3 is 20.5 Å². The summed E-state index contributed by atoms with van der Waals surface area (Å²) in [4.78, 5) is 21.5. The SMILES string of the molecule is O=C(O)CCCNC(=O)NC=C1CCOCC1. The van der Waals surface area contributed by atoms with Crippen LogP contribution in [0.15, 0.2) is 11.8 Å². The van der Waals surface area contributed by atoms with Gasteiger partial charge in [0.05, 0.1) is 13.2 Å². The van der Waals surface area contributed by atoms with Crippen molar-refractivity contribution in [3.05, 3.63) is 11.8 Å². The van der Waals surface area contributed by atoms with Crippen molar-refractivity contribution in [1.82, 2.24) is 10.6 Å². The molecular formula is C11H18N2O4. The van der Waals surface area contributed by atoms with Crippen LogP contribution in [0.1, 0.15) is 25.7 Å². The Morgan fingerprint density at radius 1 is 1.35 bits per heavy atom. The second-order valence-corrected chi connectivity index (χ2v) is 3.81. The average molecular weight is 242 g/mol. The number of hydrogen-bond donors (Lipinski definition) is 3. The van der Waals surface area contributed by atoms with Crippen molar-refractivity contribution in [2.45, 2.75) is 25.7 Å². The third-order valence-electron chi connectivity index (χ3n) is 2.40. The fourth-order valence-electron chi connectivity index (χ4n) is 1.44. The number of carboxylic acid groups (broad SMARTS) is 1. The zero-order valence-corrected chi connectivity index (χ0v) is 9.70. The number of amides is 2. The quantitative estimate of drug-likeness (QED) is 0.623. The maximum atomic E-state index is 11.3. The molecule has 0 atom stereocenters. The summed E-state index contributed by atoms with van der Waals surface area (Å²) in [6, 6.07) is -0.297. The number of ether oxygens (including phenoxy) is 1. The van der Waals surface area contributed by atoms with Crippen LogP contribution < -0.4 is 10.6 Å². The summed E-state index contributed by atoms with van der Waals surface area (Å²) in [5, 5.41) is 13.6. The summed E-state index contributed by atoms with van der Waals surface area (Å²) in [7, 11) is 0. The standard InChI is InChI=1S/C11H18N2O4/c14-10(15)2-1-5-12-11(16)13-8-9-3-6-17-7-4-9/h8H,1-7H2,(H,14,15)(H2,12,13,16). The van der Waals surface area contributed by atoms with Crippen molar-refractivity contribution in [1.29, 1.82) is 0 Å². The number of urea groups is 1. The minimum atomic E-state index is -0.850. The van der Waals surface area contributed by atoms with E-state index in [1.54, 1.807) is 6.20 Å². The molecule has 0 aromatic rings. The summed E-state index contributed by atoms with van der Waals surface area (Å²) in [5.74, 6) is -0.850. The van der Waals surface area contributed by atoms with E-state index in [4.69, 9.17) is 9.84 Å². The molecule has 17 heavy (non-hydrogen) atoms. The second-order valence-electron chi connectivity index (χ2n) is 3.81. The summed E-state index contributed by atoms with van der Waals surface area (Å²) in [5.41, 5.74) is 1.16. The van der Waals surface area contributed by atoms with E-state index in [2.05, 4.69) is 10.6 Å². The largest absolute Gasteiger partial charge is 0.481 e. The Morgan fingerprint density at radius 3 is 2.71 bits per heavy atom. The molecule has 6 nitrogen and oxygen atoms in total. The molecule has 2 amide bonds. The number of nitrogens with one attached hydrogen (secondary N) is 2. The van der Waals surface area contributed by atoms with Crippen LogP contribution in [0.2, 0.25) is 0 Å². The lowest BCUT2D eigenvalue weighted by Gasteiger charge is -2.14. The van der Waals surface area contributed by atoms with Gasteiger partial charge in [0.1, 0.15) is 0 Å². The van der Waals surface area contributed by atoms with Gasteiger partial charge in [0, 0.05) is 19.2 Å². The fourth-order valence-corrected chi connectivity index (χ4v) is 1.44. The molecule has 0 radical (unpaired) electrons. The van der Waals surface area contributed by atoms with Gasteiger partial charge >= 0.3 is 12.0 Å². The molecule has 1 aliphatic rings. The molecule has 96 valence electrons. The highest BCUT2D eigenvalue weighted by Gasteiger charge is 2.05. The first-order valence-electron chi connectivity index (χ1n) is 5.70. The van der Waals surface area contributed by atoms with Gasteiger partial charge in [-0.25, -0.2) is 4.79 Å². The predicted octanol–water partition coefficient (Wildman–Crippen LogP) is 0.845. The predicted molar refractivity (Wildman–Crippen MR) is 61.5 cm³/mol. The van der Waals surface area contributed by atoms with Crippen LogP contribution in [-0.4, -0.2) is 36.9 Å². The van der Waals surface area contributed by atoms with Gasteiger partial charge in [-0.2, -0.15) is 0 Å². The first-order chi connectivity index (χ1) is 8.18. The summed E-state index contributed by atoms with van der Waals surface area (Å²) in [6.07, 6.45) is 3.90. The molecule has 1 fully saturated rings. The number of rotatable bonds is 5. The van der Waals surface area contributed by atoms with Crippen LogP contribution in [0, 0.1) is 0 Å². The highest BCUT2D eigenvalue weighted by Crippen LogP contribution is 2.11. The minimum absolute atomic E-state index is 0.0682. The van der Waals surface area contributed by atoms with Crippen LogP contribution >= 0.6 is 0 Å². The van der Waals surface area contributed by atoms with Crippen molar-refractivity contribution in [2.75, 3.05) is 19.8 Å². The van der Waals surface area contributed by atoms with Crippen molar-refractivity contribution in [2.24, 2.45) is 0 Å². The maximum absolute atomic E-state index is 11.3. The van der Waals surface area contributed by atoms with Gasteiger partial charge in [-0.1, -0.05) is 0 Å².